The molecule has 1 amide bonds. The van der Waals surface area contributed by atoms with Crippen molar-refractivity contribution in [3.8, 4) is 5.75 Å². The smallest absolute Gasteiger partial charge is 0.247 e. The van der Waals surface area contributed by atoms with Gasteiger partial charge in [-0.2, -0.15) is 0 Å². The fourth-order valence-corrected chi connectivity index (χ4v) is 6.07. The van der Waals surface area contributed by atoms with Crippen molar-refractivity contribution in [3.63, 3.8) is 0 Å². The lowest BCUT2D eigenvalue weighted by molar-refractivity contribution is -0.111. The molecule has 4 unspecified atom stereocenters. The Morgan fingerprint density at radius 3 is 2.94 bits per heavy atom. The Hall–Kier alpha value is -3.23. The molecule has 4 aliphatic rings. The third kappa shape index (κ3) is 3.24. The summed E-state index contributed by atoms with van der Waals surface area (Å²) in [5.41, 5.74) is 2.18. The van der Waals surface area contributed by atoms with Gasteiger partial charge in [0.25, 0.3) is 0 Å². The minimum absolute atomic E-state index is 0.00523. The number of halogens is 2. The van der Waals surface area contributed by atoms with Crippen LogP contribution in [0.5, 0.6) is 5.75 Å². The lowest BCUT2D eigenvalue weighted by atomic mass is 10.0. The molecule has 0 spiro atoms. The van der Waals surface area contributed by atoms with E-state index < -0.39 is 5.82 Å². The number of hydrogen-bond donors (Lipinski definition) is 2. The summed E-state index contributed by atoms with van der Waals surface area (Å²) in [6.07, 6.45) is 3.65. The summed E-state index contributed by atoms with van der Waals surface area (Å²) in [6, 6.07) is 8.62. The number of hydrogen-bond acceptors (Lipinski definition) is 6. The molecule has 4 fully saturated rings. The Kier molecular flexibility index (Phi) is 4.79. The highest BCUT2D eigenvalue weighted by Crippen LogP contribution is 2.86. The molecule has 4 atom stereocenters. The van der Waals surface area contributed by atoms with Crippen LogP contribution in [-0.2, 0) is 4.79 Å². The lowest BCUT2D eigenvalue weighted by Gasteiger charge is -2.16. The maximum Gasteiger partial charge on any atom is 0.247 e. The van der Waals surface area contributed by atoms with E-state index in [4.69, 9.17) is 16.3 Å². The van der Waals surface area contributed by atoms with Crippen LogP contribution in [0.2, 0.25) is 5.02 Å². The first-order chi connectivity index (χ1) is 16.4. The number of benzene rings is 2. The van der Waals surface area contributed by atoms with Gasteiger partial charge < -0.3 is 20.3 Å². The van der Waals surface area contributed by atoms with Gasteiger partial charge in [0.2, 0.25) is 5.91 Å². The molecular formula is C25H23ClFN5O2. The quantitative estimate of drug-likeness (QED) is 0.459. The summed E-state index contributed by atoms with van der Waals surface area (Å²) in [7, 11) is 2.20. The average molecular weight is 480 g/mol. The summed E-state index contributed by atoms with van der Waals surface area (Å²) in [6.45, 7) is 5.30. The topological polar surface area (TPSA) is 79.4 Å². The second kappa shape index (κ2) is 7.65. The van der Waals surface area contributed by atoms with Crippen LogP contribution in [0.1, 0.15) is 6.42 Å². The van der Waals surface area contributed by atoms with E-state index in [-0.39, 0.29) is 10.9 Å². The second-order valence-electron chi connectivity index (χ2n) is 9.26. The predicted molar refractivity (Wildman–Crippen MR) is 129 cm³/mol. The number of aromatic nitrogens is 2. The first-order valence-corrected chi connectivity index (χ1v) is 11.6. The number of anilines is 3. The third-order valence-electron chi connectivity index (χ3n) is 7.53. The molecule has 3 heterocycles. The SMILES string of the molecule is C=CC(=O)Nc1cc2c(Nc3ccc(F)c(Cl)c3)ncnc2cc1OCCC12C3CN(C)C1C32. The van der Waals surface area contributed by atoms with Crippen molar-refractivity contribution >= 4 is 45.6 Å². The average Bonchev–Trinajstić information content (AvgIpc) is 3.56. The fraction of sp³-hybridized carbons (Fsp3) is 0.320. The van der Waals surface area contributed by atoms with Crippen molar-refractivity contribution in [2.45, 2.75) is 12.5 Å². The Balaban J connectivity index is 1.27. The van der Waals surface area contributed by atoms with Crippen LogP contribution in [0.3, 0.4) is 0 Å². The molecular weight excluding hydrogens is 457 g/mol. The molecule has 9 heteroatoms. The second-order valence-corrected chi connectivity index (χ2v) is 9.67. The standard InChI is InChI=1S/C25H23ClFN5O2/c1-3-21(33)31-19-9-14-18(28-12-29-24(14)30-13-4-5-17(27)16(26)8-13)10-20(19)34-7-6-25-15-11-32(2)23(25)22(15)25/h3-5,8-10,12,15,22-23H,1,6-7,11H2,2H3,(H,31,33)(H,28,29,30). The normalized spacial score (nSPS) is 26.1. The zero-order chi connectivity index (χ0) is 23.6. The van der Waals surface area contributed by atoms with Crippen molar-refractivity contribution in [2.24, 2.45) is 17.3 Å². The van der Waals surface area contributed by atoms with Gasteiger partial charge >= 0.3 is 0 Å². The zero-order valence-electron chi connectivity index (χ0n) is 18.5. The number of ether oxygens (including phenoxy) is 1. The summed E-state index contributed by atoms with van der Waals surface area (Å²) < 4.78 is 19.7. The lowest BCUT2D eigenvalue weighted by Crippen LogP contribution is -2.17. The van der Waals surface area contributed by atoms with Crippen LogP contribution in [0.25, 0.3) is 10.9 Å². The van der Waals surface area contributed by atoms with Gasteiger partial charge in [0.1, 0.15) is 23.7 Å². The molecule has 34 heavy (non-hydrogen) atoms. The van der Waals surface area contributed by atoms with Gasteiger partial charge in [-0.25, -0.2) is 14.4 Å². The summed E-state index contributed by atoms with van der Waals surface area (Å²) in [5, 5.41) is 6.64. The molecule has 2 N–H and O–H groups in total. The van der Waals surface area contributed by atoms with Crippen LogP contribution in [0.15, 0.2) is 49.3 Å². The Morgan fingerprint density at radius 2 is 2.24 bits per heavy atom. The molecule has 2 aliphatic carbocycles. The molecule has 2 saturated carbocycles. The molecule has 7 rings (SSSR count). The van der Waals surface area contributed by atoms with Gasteiger partial charge in [-0.3, -0.25) is 4.79 Å². The number of carbonyl (C=O) groups excluding carboxylic acids is 1. The summed E-state index contributed by atoms with van der Waals surface area (Å²) >= 11 is 5.91. The van der Waals surface area contributed by atoms with Gasteiger partial charge in [0.05, 0.1) is 22.8 Å². The molecule has 2 saturated heterocycles. The Morgan fingerprint density at radius 1 is 1.38 bits per heavy atom. The number of rotatable bonds is 8. The van der Waals surface area contributed by atoms with Crippen molar-refractivity contribution in [3.05, 3.63) is 60.2 Å². The van der Waals surface area contributed by atoms with Gasteiger partial charge in [-0.15, -0.1) is 0 Å². The van der Waals surface area contributed by atoms with Crippen LogP contribution >= 0.6 is 11.6 Å². The van der Waals surface area contributed by atoms with E-state index >= 15 is 0 Å². The highest BCUT2D eigenvalue weighted by atomic mass is 35.5. The third-order valence-corrected chi connectivity index (χ3v) is 7.82. The van der Waals surface area contributed by atoms with Crippen LogP contribution in [0, 0.1) is 23.1 Å². The van der Waals surface area contributed by atoms with Gasteiger partial charge in [-0.05, 0) is 61.1 Å². The molecule has 2 aliphatic heterocycles. The summed E-state index contributed by atoms with van der Waals surface area (Å²) in [5.74, 6) is 1.86. The first kappa shape index (κ1) is 21.3. The minimum atomic E-state index is -0.501. The molecule has 7 nitrogen and oxygen atoms in total. The van der Waals surface area contributed by atoms with E-state index in [9.17, 15) is 9.18 Å². The summed E-state index contributed by atoms with van der Waals surface area (Å²) in [4.78, 5) is 23.3. The fourth-order valence-electron chi connectivity index (χ4n) is 5.89. The van der Waals surface area contributed by atoms with E-state index in [1.165, 1.54) is 31.1 Å². The zero-order valence-corrected chi connectivity index (χ0v) is 19.3. The van der Waals surface area contributed by atoms with E-state index in [0.717, 1.165) is 24.3 Å². The Labute approximate surface area is 201 Å². The molecule has 2 bridgehead atoms. The van der Waals surface area contributed by atoms with E-state index in [2.05, 4.69) is 39.1 Å². The minimum Gasteiger partial charge on any atom is -0.491 e. The molecule has 2 aromatic carbocycles. The van der Waals surface area contributed by atoms with Crippen molar-refractivity contribution < 1.29 is 13.9 Å². The largest absolute Gasteiger partial charge is 0.491 e. The van der Waals surface area contributed by atoms with Crippen LogP contribution < -0.4 is 15.4 Å². The van der Waals surface area contributed by atoms with Crippen LogP contribution in [-0.4, -0.2) is 47.0 Å². The van der Waals surface area contributed by atoms with E-state index in [1.807, 2.05) is 0 Å². The Bertz CT molecular complexity index is 1340. The van der Waals surface area contributed by atoms with E-state index in [1.54, 1.807) is 18.2 Å². The monoisotopic (exact) mass is 479 g/mol. The number of nitrogens with one attached hydrogen (secondary N) is 2. The van der Waals surface area contributed by atoms with Crippen LogP contribution in [0.4, 0.5) is 21.6 Å². The van der Waals surface area contributed by atoms with E-state index in [0.29, 0.717) is 45.9 Å². The number of fused-ring (bicyclic) bond motifs is 2. The molecule has 3 aromatic rings. The maximum atomic E-state index is 13.5. The molecule has 0 radical (unpaired) electrons. The van der Waals surface area contributed by atoms with Gasteiger partial charge in [-0.1, -0.05) is 18.2 Å². The predicted octanol–water partition coefficient (Wildman–Crippen LogP) is 4.62. The molecule has 1 aromatic heterocycles. The van der Waals surface area contributed by atoms with Gasteiger partial charge in [0.15, 0.2) is 0 Å². The number of nitrogens with zero attached hydrogens (tertiary/aromatic N) is 3. The highest BCUT2D eigenvalue weighted by Gasteiger charge is 2.90. The highest BCUT2D eigenvalue weighted by molar-refractivity contribution is 6.31. The maximum absolute atomic E-state index is 13.5. The van der Waals surface area contributed by atoms with Crippen molar-refractivity contribution in [2.75, 3.05) is 30.8 Å². The number of piperidine rings is 1. The van der Waals surface area contributed by atoms with Gasteiger partial charge in [0, 0.05) is 29.7 Å². The number of amides is 1. The first-order valence-electron chi connectivity index (χ1n) is 11.2. The van der Waals surface area contributed by atoms with Crippen molar-refractivity contribution in [1.82, 2.24) is 14.9 Å². The molecule has 174 valence electrons. The number of carbonyl (C=O) groups is 1. The van der Waals surface area contributed by atoms with Crippen molar-refractivity contribution in [1.29, 1.82) is 0 Å².